The summed E-state index contributed by atoms with van der Waals surface area (Å²) in [7, 11) is -12.8. The zero-order valence-corrected chi connectivity index (χ0v) is 21.0. The van der Waals surface area contributed by atoms with E-state index in [1.165, 1.54) is 6.20 Å². The van der Waals surface area contributed by atoms with Crippen molar-refractivity contribution < 1.29 is 28.4 Å². The van der Waals surface area contributed by atoms with Crippen LogP contribution in [0.25, 0.3) is 11.1 Å². The maximum atomic E-state index is 13.4. The molecule has 0 aliphatic heterocycles. The molecule has 0 bridgehead atoms. The zero-order valence-electron chi connectivity index (χ0n) is 19.4. The quantitative estimate of drug-likeness (QED) is 0.263. The third-order valence-electron chi connectivity index (χ3n) is 6.36. The van der Waals surface area contributed by atoms with Crippen LogP contribution < -0.4 is 11.1 Å². The molecule has 2 aromatic carbocycles. The summed E-state index contributed by atoms with van der Waals surface area (Å²) in [6, 6.07) is 12.5. The number of primary amides is 1. The van der Waals surface area contributed by atoms with Gasteiger partial charge in [0.1, 0.15) is 10.6 Å². The lowest BCUT2D eigenvalue weighted by molar-refractivity contribution is 0.0995. The Morgan fingerprint density at radius 2 is 1.51 bits per heavy atom. The van der Waals surface area contributed by atoms with Crippen molar-refractivity contribution in [3.05, 3.63) is 72.6 Å². The van der Waals surface area contributed by atoms with E-state index in [4.69, 9.17) is 10.5 Å². The van der Waals surface area contributed by atoms with Crippen molar-refractivity contribution in [2.45, 2.75) is 46.8 Å². The second kappa shape index (κ2) is 8.69. The highest BCUT2D eigenvalue weighted by molar-refractivity contribution is 8.45. The van der Waals surface area contributed by atoms with Crippen LogP contribution in [0.3, 0.4) is 0 Å². The van der Waals surface area contributed by atoms with Gasteiger partial charge in [0.15, 0.2) is 0 Å². The average Bonchev–Trinajstić information content (AvgIpc) is 2.83. The van der Waals surface area contributed by atoms with Gasteiger partial charge in [-0.15, -0.1) is 0 Å². The highest BCUT2D eigenvalue weighted by Crippen LogP contribution is 3.02. The van der Waals surface area contributed by atoms with E-state index in [0.29, 0.717) is 48.3 Å². The van der Waals surface area contributed by atoms with E-state index in [1.807, 2.05) is 0 Å². The molecule has 1 atom stereocenters. The number of amides is 1. The van der Waals surface area contributed by atoms with Crippen LogP contribution in [0, 0.1) is 4.78 Å². The number of nitrogens with two attached hydrogens (primary N) is 1. The fraction of sp³-hybridized carbons (Fsp3) is 0.250. The number of halogens is 5. The first-order valence-electron chi connectivity index (χ1n) is 11.3. The summed E-state index contributed by atoms with van der Waals surface area (Å²) in [5.41, 5.74) is 7.12. The topological polar surface area (TPSA) is 109 Å². The van der Waals surface area contributed by atoms with Gasteiger partial charge in [-0.2, -0.15) is 0 Å². The van der Waals surface area contributed by atoms with Crippen LogP contribution >= 0.6 is 10.2 Å². The maximum Gasteiger partial charge on any atom is 0.310 e. The van der Waals surface area contributed by atoms with Gasteiger partial charge in [-0.3, -0.25) is 9.78 Å². The maximum absolute atomic E-state index is 13.4. The fourth-order valence-electron chi connectivity index (χ4n) is 4.37. The number of hydrogen-bond acceptors (Lipinski definition) is 5. The van der Waals surface area contributed by atoms with Crippen LogP contribution in [0.4, 0.5) is 25.1 Å². The van der Waals surface area contributed by atoms with Crippen LogP contribution in [-0.2, 0) is 9.73 Å². The summed E-state index contributed by atoms with van der Waals surface area (Å²) >= 11 is 0. The average molecular weight is 561 g/mol. The molecule has 3 aromatic rings. The van der Waals surface area contributed by atoms with Crippen LogP contribution in [0.1, 0.15) is 36.2 Å². The van der Waals surface area contributed by atoms with Crippen molar-refractivity contribution in [3.8, 4) is 11.1 Å². The van der Waals surface area contributed by atoms with E-state index in [0.717, 1.165) is 17.7 Å². The van der Waals surface area contributed by atoms with E-state index >= 15 is 0 Å². The molecular formula is C24H25F5N4O2S2. The monoisotopic (exact) mass is 560 g/mol. The van der Waals surface area contributed by atoms with Crippen LogP contribution in [-0.4, -0.2) is 26.4 Å². The SMILES string of the molecule is N=S(=O)(c1ccc(-c2ccnc(C(N)=O)c2)cc1)C1CCC(Nc2ccc(S(F)(F)(F)(F)F)cc2)CC1. The molecular weight excluding hydrogens is 535 g/mol. The lowest BCUT2D eigenvalue weighted by Crippen LogP contribution is -2.32. The van der Waals surface area contributed by atoms with Crippen molar-refractivity contribution in [2.24, 2.45) is 5.73 Å². The van der Waals surface area contributed by atoms with Crippen LogP contribution in [0.2, 0.25) is 0 Å². The summed E-state index contributed by atoms with van der Waals surface area (Å²) in [5.74, 6) is -0.654. The van der Waals surface area contributed by atoms with Crippen molar-refractivity contribution in [2.75, 3.05) is 5.32 Å². The number of benzene rings is 2. The molecule has 1 heterocycles. The fourth-order valence-corrected chi connectivity index (χ4v) is 6.88. The number of nitrogens with zero attached hydrogens (tertiary/aromatic N) is 1. The molecule has 200 valence electrons. The van der Waals surface area contributed by atoms with Crippen molar-refractivity contribution in [1.82, 2.24) is 4.98 Å². The lowest BCUT2D eigenvalue weighted by Gasteiger charge is -2.40. The van der Waals surface area contributed by atoms with E-state index < -0.39 is 36.0 Å². The van der Waals surface area contributed by atoms with Gasteiger partial charge < -0.3 is 11.1 Å². The Bertz CT molecular complexity index is 1420. The summed E-state index contributed by atoms with van der Waals surface area (Å²) < 4.78 is 86.5. The zero-order chi connectivity index (χ0) is 27.1. The largest absolute Gasteiger partial charge is 0.382 e. The Labute approximate surface area is 211 Å². The molecule has 1 aliphatic carbocycles. The molecule has 37 heavy (non-hydrogen) atoms. The number of anilines is 1. The second-order valence-corrected chi connectivity index (χ2v) is 13.8. The highest BCUT2D eigenvalue weighted by Gasteiger charge is 2.65. The molecule has 0 saturated heterocycles. The summed E-state index contributed by atoms with van der Waals surface area (Å²) in [6.07, 6.45) is 3.42. The summed E-state index contributed by atoms with van der Waals surface area (Å²) in [6.45, 7) is 0. The minimum Gasteiger partial charge on any atom is -0.382 e. The first kappa shape index (κ1) is 26.9. The van der Waals surface area contributed by atoms with E-state index in [9.17, 15) is 28.4 Å². The molecule has 6 nitrogen and oxygen atoms in total. The smallest absolute Gasteiger partial charge is 0.310 e. The standard InChI is InChI=1S/C24H25F5N4O2S2/c25-37(26,27,28,29)22-11-5-19(6-12-22)33-18-3-9-21(10-4-18)36(31,35)20-7-1-16(2-8-20)17-13-14-32-23(15-17)24(30)34/h1-2,5-8,11-15,18,21,31,33H,3-4,9-10H2,(H2,30,34). The van der Waals surface area contributed by atoms with Crippen LogP contribution in [0.15, 0.2) is 76.7 Å². The van der Waals surface area contributed by atoms with Gasteiger partial charge >= 0.3 is 10.2 Å². The van der Waals surface area contributed by atoms with Gasteiger partial charge in [0.05, 0.1) is 9.73 Å². The molecule has 13 heteroatoms. The Kier molecular flexibility index (Phi) is 6.31. The van der Waals surface area contributed by atoms with E-state index in [2.05, 4.69) is 10.3 Å². The first-order valence-corrected chi connectivity index (χ1v) is 14.8. The van der Waals surface area contributed by atoms with E-state index in [1.54, 1.807) is 36.4 Å². The number of hydrogen-bond donors (Lipinski definition) is 3. The minimum absolute atomic E-state index is 0.117. The van der Waals surface area contributed by atoms with Crippen molar-refractivity contribution in [3.63, 3.8) is 0 Å². The number of pyridine rings is 1. The molecule has 1 unspecified atom stereocenters. The minimum atomic E-state index is -9.71. The Hall–Kier alpha value is -3.19. The lowest BCUT2D eigenvalue weighted by atomic mass is 9.95. The van der Waals surface area contributed by atoms with Gasteiger partial charge in [-0.25, -0.2) is 8.99 Å². The first-order chi connectivity index (χ1) is 17.0. The van der Waals surface area contributed by atoms with Crippen molar-refractivity contribution in [1.29, 1.82) is 4.78 Å². The van der Waals surface area contributed by atoms with Gasteiger partial charge in [0, 0.05) is 28.1 Å². The predicted octanol–water partition coefficient (Wildman–Crippen LogP) is 7.33. The third kappa shape index (κ3) is 6.21. The third-order valence-corrected chi connectivity index (χ3v) is 9.91. The number of aromatic nitrogens is 1. The van der Waals surface area contributed by atoms with Gasteiger partial charge in [-0.1, -0.05) is 31.6 Å². The molecule has 1 aliphatic rings. The summed E-state index contributed by atoms with van der Waals surface area (Å²) in [4.78, 5) is 13.7. The normalized spacial score (nSPS) is 21.8. The van der Waals surface area contributed by atoms with Crippen LogP contribution in [0.5, 0.6) is 0 Å². The highest BCUT2D eigenvalue weighted by atomic mass is 32.5. The number of carbonyl (C=O) groups is 1. The molecule has 1 aromatic heterocycles. The number of nitrogens with one attached hydrogen (secondary N) is 2. The van der Waals surface area contributed by atoms with E-state index in [-0.39, 0.29) is 17.4 Å². The summed E-state index contributed by atoms with van der Waals surface area (Å²) in [5, 5.41) is 2.64. The number of carbonyl (C=O) groups excluding carboxylic acids is 1. The Morgan fingerprint density at radius 1 is 0.919 bits per heavy atom. The van der Waals surface area contributed by atoms with Gasteiger partial charge in [0.2, 0.25) is 0 Å². The second-order valence-electron chi connectivity index (χ2n) is 9.03. The van der Waals surface area contributed by atoms with Gasteiger partial charge in [0.25, 0.3) is 5.91 Å². The Morgan fingerprint density at radius 3 is 2.05 bits per heavy atom. The van der Waals surface area contributed by atoms with Gasteiger partial charge in [-0.05, 0) is 85.3 Å². The molecule has 1 fully saturated rings. The molecule has 1 amide bonds. The molecule has 4 N–H and O–H groups in total. The molecule has 0 spiro atoms. The Balaban J connectivity index is 1.39. The predicted molar refractivity (Wildman–Crippen MR) is 135 cm³/mol. The van der Waals surface area contributed by atoms with Crippen molar-refractivity contribution >= 4 is 31.5 Å². The molecule has 1 saturated carbocycles. The molecule has 0 radical (unpaired) electrons. The molecule has 4 rings (SSSR count). The number of rotatable bonds is 7.